The third-order valence-corrected chi connectivity index (χ3v) is 2.65. The zero-order valence-electron chi connectivity index (χ0n) is 12.4. The summed E-state index contributed by atoms with van der Waals surface area (Å²) in [5.41, 5.74) is 0. The Morgan fingerprint density at radius 1 is 1.32 bits per heavy atom. The van der Waals surface area contributed by atoms with Crippen molar-refractivity contribution >= 4 is 11.8 Å². The molecule has 1 aromatic rings. The Morgan fingerprint density at radius 3 is 2.53 bits per heavy atom. The molecule has 0 radical (unpaired) electrons. The molecule has 19 heavy (non-hydrogen) atoms. The van der Waals surface area contributed by atoms with E-state index in [2.05, 4.69) is 34.0 Å². The summed E-state index contributed by atoms with van der Waals surface area (Å²) in [6, 6.07) is 0. The first-order valence-corrected chi connectivity index (χ1v) is 6.54. The van der Waals surface area contributed by atoms with Crippen LogP contribution < -0.4 is 10.2 Å². The topological polar surface area (TPSA) is 44.3 Å². The molecule has 0 aliphatic rings. The molecule has 1 heterocycles. The van der Waals surface area contributed by atoms with Crippen molar-refractivity contribution in [1.82, 2.24) is 14.9 Å². The van der Waals surface area contributed by atoms with Crippen LogP contribution in [0.5, 0.6) is 0 Å². The van der Waals surface area contributed by atoms with Gasteiger partial charge in [0, 0.05) is 26.7 Å². The fourth-order valence-corrected chi connectivity index (χ4v) is 1.75. The number of hydrogen-bond acceptors (Lipinski definition) is 5. The molecule has 0 unspecified atom stereocenters. The molecule has 0 aliphatic heterocycles. The molecule has 1 rings (SSSR count). The highest BCUT2D eigenvalue weighted by Crippen LogP contribution is 2.18. The third-order valence-electron chi connectivity index (χ3n) is 2.65. The molecular weight excluding hydrogens is 245 g/mol. The van der Waals surface area contributed by atoms with Crippen LogP contribution in [0.25, 0.3) is 0 Å². The van der Waals surface area contributed by atoms with E-state index in [4.69, 9.17) is 0 Å². The van der Waals surface area contributed by atoms with Gasteiger partial charge < -0.3 is 15.1 Å². The minimum Gasteiger partial charge on any atom is -0.357 e. The van der Waals surface area contributed by atoms with Gasteiger partial charge in [0.1, 0.15) is 0 Å². The maximum atomic E-state index is 13.9. The number of nitrogens with zero attached hydrogens (tertiary/aromatic N) is 4. The van der Waals surface area contributed by atoms with Crippen molar-refractivity contribution in [3.63, 3.8) is 0 Å². The van der Waals surface area contributed by atoms with Crippen molar-refractivity contribution in [1.29, 1.82) is 0 Å². The Kier molecular flexibility index (Phi) is 5.95. The standard InChI is InChI=1S/C13H24FN5/c1-10(2)9-19(7-6-18(4)5)12-11(14)8-16-13(15-3)17-12/h8,10H,6-7,9H2,1-5H3,(H,15,16,17). The number of nitrogens with one attached hydrogen (secondary N) is 1. The van der Waals surface area contributed by atoms with Crippen LogP contribution in [0.2, 0.25) is 0 Å². The Hall–Kier alpha value is -1.43. The number of hydrogen-bond donors (Lipinski definition) is 1. The molecule has 5 nitrogen and oxygen atoms in total. The molecule has 0 atom stereocenters. The van der Waals surface area contributed by atoms with Gasteiger partial charge in [-0.15, -0.1) is 0 Å². The number of aromatic nitrogens is 2. The highest BCUT2D eigenvalue weighted by molar-refractivity contribution is 5.43. The summed E-state index contributed by atoms with van der Waals surface area (Å²) in [7, 11) is 5.73. The van der Waals surface area contributed by atoms with Crippen molar-refractivity contribution in [2.75, 3.05) is 51.0 Å². The number of likely N-dealkylation sites (N-methyl/N-ethyl adjacent to an activating group) is 1. The quantitative estimate of drug-likeness (QED) is 0.816. The predicted octanol–water partition coefficient (Wildman–Crippen LogP) is 1.68. The van der Waals surface area contributed by atoms with Gasteiger partial charge in [0.25, 0.3) is 0 Å². The van der Waals surface area contributed by atoms with Crippen LogP contribution in [0.4, 0.5) is 16.2 Å². The van der Waals surface area contributed by atoms with Gasteiger partial charge in [-0.2, -0.15) is 4.98 Å². The van der Waals surface area contributed by atoms with Gasteiger partial charge in [-0.3, -0.25) is 0 Å². The monoisotopic (exact) mass is 269 g/mol. The lowest BCUT2D eigenvalue weighted by Gasteiger charge is -2.27. The van der Waals surface area contributed by atoms with E-state index in [9.17, 15) is 4.39 Å². The third kappa shape index (κ3) is 4.98. The normalized spacial score (nSPS) is 11.2. The van der Waals surface area contributed by atoms with Gasteiger partial charge in [0.2, 0.25) is 5.95 Å². The van der Waals surface area contributed by atoms with E-state index in [1.165, 1.54) is 6.20 Å². The van der Waals surface area contributed by atoms with Crippen molar-refractivity contribution in [3.8, 4) is 0 Å². The summed E-state index contributed by atoms with van der Waals surface area (Å²) >= 11 is 0. The Bertz CT molecular complexity index is 395. The maximum absolute atomic E-state index is 13.9. The van der Waals surface area contributed by atoms with Crippen LogP contribution in [0, 0.1) is 11.7 Å². The summed E-state index contributed by atoms with van der Waals surface area (Å²) in [4.78, 5) is 12.2. The highest BCUT2D eigenvalue weighted by atomic mass is 19.1. The summed E-state index contributed by atoms with van der Waals surface area (Å²) in [6.45, 7) is 6.58. The predicted molar refractivity (Wildman–Crippen MR) is 77.1 cm³/mol. The van der Waals surface area contributed by atoms with E-state index in [1.807, 2.05) is 19.0 Å². The van der Waals surface area contributed by atoms with E-state index in [-0.39, 0.29) is 5.82 Å². The second-order valence-electron chi connectivity index (χ2n) is 5.26. The molecule has 0 bridgehead atoms. The van der Waals surface area contributed by atoms with E-state index in [0.717, 1.165) is 19.6 Å². The molecule has 0 aromatic carbocycles. The first-order valence-electron chi connectivity index (χ1n) is 6.54. The fraction of sp³-hybridized carbons (Fsp3) is 0.692. The second kappa shape index (κ2) is 7.23. The lowest BCUT2D eigenvalue weighted by Crippen LogP contribution is -2.35. The molecule has 108 valence electrons. The summed E-state index contributed by atoms with van der Waals surface area (Å²) in [5.74, 6) is 0.873. The van der Waals surface area contributed by atoms with Crippen molar-refractivity contribution in [3.05, 3.63) is 12.0 Å². The van der Waals surface area contributed by atoms with Gasteiger partial charge in [-0.1, -0.05) is 13.8 Å². The van der Waals surface area contributed by atoms with E-state index < -0.39 is 0 Å². The first kappa shape index (κ1) is 15.6. The molecule has 0 aliphatic carbocycles. The molecule has 0 saturated heterocycles. The van der Waals surface area contributed by atoms with Crippen LogP contribution in [-0.4, -0.2) is 55.6 Å². The minimum absolute atomic E-state index is 0.370. The second-order valence-corrected chi connectivity index (χ2v) is 5.26. The number of rotatable bonds is 7. The largest absolute Gasteiger partial charge is 0.357 e. The van der Waals surface area contributed by atoms with E-state index >= 15 is 0 Å². The summed E-state index contributed by atoms with van der Waals surface area (Å²) in [5, 5.41) is 2.84. The fourth-order valence-electron chi connectivity index (χ4n) is 1.75. The molecule has 6 heteroatoms. The van der Waals surface area contributed by atoms with Gasteiger partial charge in [0.05, 0.1) is 6.20 Å². The van der Waals surface area contributed by atoms with Crippen LogP contribution >= 0.6 is 0 Å². The van der Waals surface area contributed by atoms with Gasteiger partial charge in [-0.05, 0) is 20.0 Å². The highest BCUT2D eigenvalue weighted by Gasteiger charge is 2.16. The SMILES string of the molecule is CNc1ncc(F)c(N(CCN(C)C)CC(C)C)n1. The average molecular weight is 269 g/mol. The molecule has 0 spiro atoms. The van der Waals surface area contributed by atoms with Crippen LogP contribution in [0.3, 0.4) is 0 Å². The lowest BCUT2D eigenvalue weighted by molar-refractivity contribution is 0.407. The Balaban J connectivity index is 2.94. The Morgan fingerprint density at radius 2 is 2.00 bits per heavy atom. The molecule has 0 saturated carbocycles. The first-order chi connectivity index (χ1) is 8.93. The van der Waals surface area contributed by atoms with Crippen molar-refractivity contribution in [2.24, 2.45) is 5.92 Å². The smallest absolute Gasteiger partial charge is 0.224 e. The number of anilines is 2. The molecule has 1 N–H and O–H groups in total. The summed E-state index contributed by atoms with van der Waals surface area (Å²) in [6.07, 6.45) is 1.22. The van der Waals surface area contributed by atoms with Crippen LogP contribution in [0.15, 0.2) is 6.20 Å². The summed E-state index contributed by atoms with van der Waals surface area (Å²) < 4.78 is 13.9. The van der Waals surface area contributed by atoms with Gasteiger partial charge in [0.15, 0.2) is 11.6 Å². The Labute approximate surface area is 114 Å². The van der Waals surface area contributed by atoms with E-state index in [0.29, 0.717) is 17.7 Å². The minimum atomic E-state index is -0.376. The van der Waals surface area contributed by atoms with Crippen molar-refractivity contribution in [2.45, 2.75) is 13.8 Å². The molecule has 0 fully saturated rings. The van der Waals surface area contributed by atoms with Gasteiger partial charge >= 0.3 is 0 Å². The average Bonchev–Trinajstić information content (AvgIpc) is 2.34. The van der Waals surface area contributed by atoms with E-state index in [1.54, 1.807) is 7.05 Å². The lowest BCUT2D eigenvalue weighted by atomic mass is 10.2. The van der Waals surface area contributed by atoms with Crippen LogP contribution in [0.1, 0.15) is 13.8 Å². The molecular formula is C13H24FN5. The molecule has 0 amide bonds. The van der Waals surface area contributed by atoms with Crippen molar-refractivity contribution < 1.29 is 4.39 Å². The van der Waals surface area contributed by atoms with Gasteiger partial charge in [-0.25, -0.2) is 9.37 Å². The zero-order valence-corrected chi connectivity index (χ0v) is 12.4. The zero-order chi connectivity index (χ0) is 14.4. The maximum Gasteiger partial charge on any atom is 0.224 e. The molecule has 1 aromatic heterocycles. The number of halogens is 1. The van der Waals surface area contributed by atoms with Crippen LogP contribution in [-0.2, 0) is 0 Å².